The molecule has 10 rings (SSSR count). The molecule has 0 heterocycles. The molecule has 8 aromatic rings. The summed E-state index contributed by atoms with van der Waals surface area (Å²) in [5.74, 6) is 0. The molecule has 0 aliphatic heterocycles. The lowest BCUT2D eigenvalue weighted by Gasteiger charge is -2.34. The fraction of sp³-hybridized carbons (Fsp3) is 0.0545. The summed E-state index contributed by atoms with van der Waals surface area (Å²) < 4.78 is 0. The molecule has 0 saturated heterocycles. The van der Waals surface area contributed by atoms with Crippen LogP contribution in [-0.2, 0) is 5.41 Å². The Kier molecular flexibility index (Phi) is 8.61. The van der Waals surface area contributed by atoms with E-state index >= 15 is 0 Å². The second-order valence-electron chi connectivity index (χ2n) is 14.8. The van der Waals surface area contributed by atoms with E-state index in [0.29, 0.717) is 0 Å². The van der Waals surface area contributed by atoms with Crippen LogP contribution in [0.1, 0.15) is 40.7 Å². The van der Waals surface area contributed by atoms with Crippen molar-refractivity contribution in [2.24, 2.45) is 0 Å². The van der Waals surface area contributed by atoms with Crippen molar-refractivity contribution in [1.29, 1.82) is 0 Å². The average Bonchev–Trinajstić information content (AvgIpc) is 3.59. The Bertz CT molecular complexity index is 2560. The molecule has 0 amide bonds. The van der Waals surface area contributed by atoms with E-state index in [1.165, 1.54) is 72.5 Å². The third-order valence-corrected chi connectivity index (χ3v) is 11.7. The lowest BCUT2D eigenvalue weighted by molar-refractivity contribution is 0.768. The molecule has 0 atom stereocenters. The molecule has 2 aliphatic carbocycles. The zero-order chi connectivity index (χ0) is 37.3. The first kappa shape index (κ1) is 33.6. The zero-order valence-electron chi connectivity index (χ0n) is 31.2. The molecule has 0 aromatic heterocycles. The smallest absolute Gasteiger partial charge is 0.0713 e. The van der Waals surface area contributed by atoms with E-state index in [4.69, 9.17) is 0 Å². The molecular formula is C55H41N. The molecule has 1 heteroatoms. The minimum absolute atomic E-state index is 0.381. The molecule has 266 valence electrons. The Morgan fingerprint density at radius 1 is 0.321 bits per heavy atom. The van der Waals surface area contributed by atoms with Crippen molar-refractivity contribution in [3.8, 4) is 33.4 Å². The Balaban J connectivity index is 1.01. The van der Waals surface area contributed by atoms with Gasteiger partial charge >= 0.3 is 0 Å². The van der Waals surface area contributed by atoms with E-state index in [1.807, 2.05) is 0 Å². The second kappa shape index (κ2) is 14.4. The molecule has 0 unspecified atom stereocenters. The monoisotopic (exact) mass is 715 g/mol. The van der Waals surface area contributed by atoms with Gasteiger partial charge in [0.25, 0.3) is 0 Å². The highest BCUT2D eigenvalue weighted by molar-refractivity contribution is 5.86. The maximum Gasteiger partial charge on any atom is 0.0713 e. The molecule has 0 fully saturated rings. The fourth-order valence-corrected chi connectivity index (χ4v) is 9.05. The van der Waals surface area contributed by atoms with Gasteiger partial charge in [0.15, 0.2) is 0 Å². The number of rotatable bonds is 8. The van der Waals surface area contributed by atoms with Crippen molar-refractivity contribution in [3.05, 3.63) is 258 Å². The highest BCUT2D eigenvalue weighted by Crippen LogP contribution is 2.56. The number of nitrogens with zero attached hydrogens (tertiary/aromatic N) is 1. The first-order chi connectivity index (χ1) is 27.8. The highest BCUT2D eigenvalue weighted by Gasteiger charge is 2.45. The van der Waals surface area contributed by atoms with Crippen LogP contribution >= 0.6 is 0 Å². The SMILES string of the molecule is C1=C(c2ccc(C3(c4ccccc4)c4ccccc4-c4ccccc43)cc2)CCC(N(c2ccc(-c3ccccc3)cc2)c2ccc(-c3ccccc3)cc2)=C1. The third kappa shape index (κ3) is 5.81. The standard InChI is InChI=1S/C55H41N/c1-4-14-40(15-5-1)43-26-34-48(35-27-43)56(49-36-28-44(29-37-49)41-16-6-2-7-17-41)50-38-30-45(31-39-50)42-24-32-47(33-25-42)55(46-18-8-3-9-19-46)53-22-12-10-20-51(53)52-21-11-13-23-54(52)55/h1-30,32-38H,31,39H2. The summed E-state index contributed by atoms with van der Waals surface area (Å²) in [6.45, 7) is 0. The first-order valence-corrected chi connectivity index (χ1v) is 19.6. The van der Waals surface area contributed by atoms with Gasteiger partial charge in [-0.2, -0.15) is 0 Å². The van der Waals surface area contributed by atoms with Crippen molar-refractivity contribution in [2.75, 3.05) is 4.90 Å². The van der Waals surface area contributed by atoms with E-state index in [1.54, 1.807) is 0 Å². The minimum atomic E-state index is -0.381. The largest absolute Gasteiger partial charge is 0.314 e. The summed E-state index contributed by atoms with van der Waals surface area (Å²) in [5.41, 5.74) is 18.7. The summed E-state index contributed by atoms with van der Waals surface area (Å²) in [6.07, 6.45) is 6.56. The Labute approximate surface area is 330 Å². The summed E-state index contributed by atoms with van der Waals surface area (Å²) in [6, 6.07) is 77.6. The lowest BCUT2D eigenvalue weighted by Crippen LogP contribution is -2.28. The van der Waals surface area contributed by atoms with Gasteiger partial charge < -0.3 is 4.90 Å². The van der Waals surface area contributed by atoms with Crippen LogP contribution in [0, 0.1) is 0 Å². The molecule has 1 nitrogen and oxygen atoms in total. The maximum atomic E-state index is 2.43. The first-order valence-electron chi connectivity index (χ1n) is 19.6. The van der Waals surface area contributed by atoms with Crippen LogP contribution in [0.15, 0.2) is 230 Å². The quantitative estimate of drug-likeness (QED) is 0.151. The van der Waals surface area contributed by atoms with Crippen molar-refractivity contribution in [1.82, 2.24) is 0 Å². The topological polar surface area (TPSA) is 3.24 Å². The number of anilines is 2. The molecule has 8 aromatic carbocycles. The number of allylic oxidation sites excluding steroid dienone is 4. The summed E-state index contributed by atoms with van der Waals surface area (Å²) in [5, 5.41) is 0. The summed E-state index contributed by atoms with van der Waals surface area (Å²) >= 11 is 0. The maximum absolute atomic E-state index is 2.43. The second-order valence-corrected chi connectivity index (χ2v) is 14.8. The van der Waals surface area contributed by atoms with Crippen molar-refractivity contribution in [3.63, 3.8) is 0 Å². The molecule has 0 saturated carbocycles. The van der Waals surface area contributed by atoms with Crippen LogP contribution in [0.5, 0.6) is 0 Å². The molecular weight excluding hydrogens is 675 g/mol. The fourth-order valence-electron chi connectivity index (χ4n) is 9.05. The van der Waals surface area contributed by atoms with Gasteiger partial charge in [-0.3, -0.25) is 0 Å². The van der Waals surface area contributed by atoms with Crippen molar-refractivity contribution >= 4 is 16.9 Å². The van der Waals surface area contributed by atoms with E-state index in [-0.39, 0.29) is 5.41 Å². The molecule has 0 bridgehead atoms. The van der Waals surface area contributed by atoms with Crippen LogP contribution in [0.3, 0.4) is 0 Å². The van der Waals surface area contributed by atoms with Crippen LogP contribution in [-0.4, -0.2) is 0 Å². The predicted molar refractivity (Wildman–Crippen MR) is 235 cm³/mol. The van der Waals surface area contributed by atoms with Gasteiger partial charge in [-0.25, -0.2) is 0 Å². The van der Waals surface area contributed by atoms with E-state index in [2.05, 4.69) is 229 Å². The van der Waals surface area contributed by atoms with Crippen molar-refractivity contribution < 1.29 is 0 Å². The van der Waals surface area contributed by atoms with Crippen LogP contribution < -0.4 is 4.90 Å². The molecule has 0 spiro atoms. The van der Waals surface area contributed by atoms with E-state index in [9.17, 15) is 0 Å². The Morgan fingerprint density at radius 3 is 1.21 bits per heavy atom. The van der Waals surface area contributed by atoms with Crippen LogP contribution in [0.25, 0.3) is 39.0 Å². The lowest BCUT2D eigenvalue weighted by atomic mass is 9.67. The Morgan fingerprint density at radius 2 is 0.732 bits per heavy atom. The Hall–Kier alpha value is -6.96. The van der Waals surface area contributed by atoms with E-state index in [0.717, 1.165) is 24.2 Å². The van der Waals surface area contributed by atoms with Gasteiger partial charge in [-0.05, 0) is 110 Å². The number of fused-ring (bicyclic) bond motifs is 3. The van der Waals surface area contributed by atoms with Gasteiger partial charge in [0.2, 0.25) is 0 Å². The zero-order valence-corrected chi connectivity index (χ0v) is 31.2. The van der Waals surface area contributed by atoms with Gasteiger partial charge in [0, 0.05) is 17.1 Å². The molecule has 0 radical (unpaired) electrons. The van der Waals surface area contributed by atoms with Gasteiger partial charge in [0.1, 0.15) is 0 Å². The molecule has 56 heavy (non-hydrogen) atoms. The van der Waals surface area contributed by atoms with Gasteiger partial charge in [-0.1, -0.05) is 194 Å². The van der Waals surface area contributed by atoms with E-state index < -0.39 is 0 Å². The number of hydrogen-bond donors (Lipinski definition) is 0. The average molecular weight is 716 g/mol. The predicted octanol–water partition coefficient (Wildman–Crippen LogP) is 14.3. The summed E-state index contributed by atoms with van der Waals surface area (Å²) in [4.78, 5) is 2.43. The normalized spacial score (nSPS) is 13.9. The van der Waals surface area contributed by atoms with Crippen molar-refractivity contribution in [2.45, 2.75) is 18.3 Å². The minimum Gasteiger partial charge on any atom is -0.314 e. The molecule has 2 aliphatic rings. The van der Waals surface area contributed by atoms with Gasteiger partial charge in [-0.15, -0.1) is 0 Å². The number of hydrogen-bond acceptors (Lipinski definition) is 1. The van der Waals surface area contributed by atoms with Crippen LogP contribution in [0.2, 0.25) is 0 Å². The van der Waals surface area contributed by atoms with Crippen LogP contribution in [0.4, 0.5) is 11.4 Å². The van der Waals surface area contributed by atoms with Gasteiger partial charge in [0.05, 0.1) is 5.41 Å². The third-order valence-electron chi connectivity index (χ3n) is 11.7. The summed E-state index contributed by atoms with van der Waals surface area (Å²) in [7, 11) is 0. The number of benzene rings is 8. The highest BCUT2D eigenvalue weighted by atomic mass is 15.1. The molecule has 0 N–H and O–H groups in total.